The molecule has 1 atom stereocenters. The van der Waals surface area contributed by atoms with E-state index in [1.54, 1.807) is 3.88 Å². The predicted molar refractivity (Wildman–Crippen MR) is 86.0 cm³/mol. The van der Waals surface area contributed by atoms with E-state index in [0.717, 1.165) is 6.61 Å². The molecular formula is C16H22Cl2OTi. The van der Waals surface area contributed by atoms with Gasteiger partial charge in [0.2, 0.25) is 0 Å². The molecule has 0 N–H and O–H groups in total. The van der Waals surface area contributed by atoms with E-state index in [-0.39, 0.29) is 24.8 Å². The minimum atomic E-state index is -0.444. The molecule has 110 valence electrons. The van der Waals surface area contributed by atoms with Crippen LogP contribution < -0.4 is 0 Å². The van der Waals surface area contributed by atoms with Crippen molar-refractivity contribution in [1.82, 2.24) is 0 Å². The van der Waals surface area contributed by atoms with Gasteiger partial charge in [0.05, 0.1) is 0 Å². The standard InChI is InChI=1S/C9H13.C7H7O.2ClH.Ti/c1-6-5-7(2)9(4)8(6)3;8-6-7-4-2-1-3-5-7;;;/h6H,1-4H3;1-5H,6H2;2*1H;/q;-1;;;+1. The molecule has 1 aliphatic rings. The molecule has 0 radical (unpaired) electrons. The molecule has 0 amide bonds. The Morgan fingerprint density at radius 1 is 1.00 bits per heavy atom. The maximum atomic E-state index is 5.98. The monoisotopic (exact) mass is 348 g/mol. The van der Waals surface area contributed by atoms with Gasteiger partial charge in [0.15, 0.2) is 0 Å². The van der Waals surface area contributed by atoms with E-state index in [9.17, 15) is 0 Å². The fourth-order valence-corrected chi connectivity index (χ4v) is 4.06. The maximum Gasteiger partial charge on any atom is -0.147 e. The van der Waals surface area contributed by atoms with E-state index in [0.29, 0.717) is 5.92 Å². The molecule has 1 unspecified atom stereocenters. The van der Waals surface area contributed by atoms with Crippen molar-refractivity contribution in [3.63, 3.8) is 0 Å². The Bertz CT molecular complexity index is 494. The fraction of sp³-hybridized carbons (Fsp3) is 0.375. The molecule has 0 bridgehead atoms. The summed E-state index contributed by atoms with van der Waals surface area (Å²) in [6, 6.07) is 10.4. The van der Waals surface area contributed by atoms with Crippen LogP contribution in [0.2, 0.25) is 0 Å². The minimum absolute atomic E-state index is 0. The summed E-state index contributed by atoms with van der Waals surface area (Å²) in [4.78, 5) is 0. The van der Waals surface area contributed by atoms with Crippen LogP contribution in [0.1, 0.15) is 33.3 Å². The molecule has 1 aromatic rings. The first-order valence-electron chi connectivity index (χ1n) is 6.41. The summed E-state index contributed by atoms with van der Waals surface area (Å²) in [7, 11) is 0. The number of allylic oxidation sites excluding steroid dienone is 4. The van der Waals surface area contributed by atoms with E-state index >= 15 is 0 Å². The van der Waals surface area contributed by atoms with Gasteiger partial charge in [0.1, 0.15) is 0 Å². The summed E-state index contributed by atoms with van der Waals surface area (Å²) in [5.74, 6) is 0.598. The third-order valence-corrected chi connectivity index (χ3v) is 5.96. The van der Waals surface area contributed by atoms with E-state index in [1.807, 2.05) is 6.07 Å². The van der Waals surface area contributed by atoms with Crippen LogP contribution in [0.5, 0.6) is 0 Å². The van der Waals surface area contributed by atoms with Crippen molar-refractivity contribution in [3.05, 3.63) is 56.5 Å². The van der Waals surface area contributed by atoms with Crippen molar-refractivity contribution in [1.29, 1.82) is 0 Å². The molecule has 0 saturated carbocycles. The van der Waals surface area contributed by atoms with Crippen LogP contribution in [0, 0.1) is 5.92 Å². The molecule has 4 heteroatoms. The van der Waals surface area contributed by atoms with Gasteiger partial charge in [-0.2, -0.15) is 0 Å². The molecule has 1 aliphatic carbocycles. The summed E-state index contributed by atoms with van der Waals surface area (Å²) in [5, 5.41) is 0. The Kier molecular flexibility index (Phi) is 9.05. The summed E-state index contributed by atoms with van der Waals surface area (Å²) in [6.07, 6.45) is 0. The van der Waals surface area contributed by atoms with Crippen LogP contribution in [0.4, 0.5) is 0 Å². The smallest absolute Gasteiger partial charge is 0.147 e. The molecule has 20 heavy (non-hydrogen) atoms. The molecule has 0 aromatic heterocycles. The summed E-state index contributed by atoms with van der Waals surface area (Å²) < 4.78 is 7.55. The molecule has 2 rings (SSSR count). The van der Waals surface area contributed by atoms with Crippen LogP contribution in [-0.4, -0.2) is 0 Å². The van der Waals surface area contributed by atoms with Crippen LogP contribution in [-0.2, 0) is 29.5 Å². The van der Waals surface area contributed by atoms with Crippen LogP contribution in [0.25, 0.3) is 0 Å². The number of benzene rings is 1. The van der Waals surface area contributed by atoms with Crippen LogP contribution >= 0.6 is 24.8 Å². The number of rotatable bonds is 4. The van der Waals surface area contributed by atoms with Crippen molar-refractivity contribution in [2.45, 2.75) is 34.3 Å². The Morgan fingerprint density at radius 2 is 1.60 bits per heavy atom. The van der Waals surface area contributed by atoms with Crippen molar-refractivity contribution >= 4 is 24.8 Å². The van der Waals surface area contributed by atoms with E-state index < -0.39 is 19.5 Å². The molecule has 0 saturated heterocycles. The summed E-state index contributed by atoms with van der Waals surface area (Å²) >= 11 is -0.444. The van der Waals surface area contributed by atoms with Gasteiger partial charge in [-0.25, -0.2) is 0 Å². The van der Waals surface area contributed by atoms with Crippen molar-refractivity contribution < 1.29 is 22.9 Å². The molecular weight excluding hydrogens is 327 g/mol. The van der Waals surface area contributed by atoms with Gasteiger partial charge in [-0.3, -0.25) is 0 Å². The summed E-state index contributed by atoms with van der Waals surface area (Å²) in [5.41, 5.74) is 5.75. The topological polar surface area (TPSA) is 9.23 Å². The van der Waals surface area contributed by atoms with Gasteiger partial charge in [-0.1, -0.05) is 0 Å². The van der Waals surface area contributed by atoms with Crippen LogP contribution in [0.15, 0.2) is 50.9 Å². The second kappa shape index (κ2) is 9.07. The molecule has 1 aromatic carbocycles. The SMILES string of the molecule is CC1=C(C)C(C)[C]([Ti][O]Cc2ccccc2)=C1C.Cl.Cl. The average Bonchev–Trinajstić information content (AvgIpc) is 2.57. The Balaban J connectivity index is 0.00000180. The second-order valence-corrected chi connectivity index (χ2v) is 6.56. The van der Waals surface area contributed by atoms with Crippen molar-refractivity contribution in [3.8, 4) is 0 Å². The van der Waals surface area contributed by atoms with Crippen molar-refractivity contribution in [2.75, 3.05) is 0 Å². The Labute approximate surface area is 144 Å². The molecule has 0 aliphatic heterocycles. The number of hydrogen-bond acceptors (Lipinski definition) is 1. The summed E-state index contributed by atoms with van der Waals surface area (Å²) in [6.45, 7) is 9.78. The predicted octanol–water partition coefficient (Wildman–Crippen LogP) is 5.30. The largest absolute Gasteiger partial charge is 0.147 e. The van der Waals surface area contributed by atoms with Gasteiger partial charge in [-0.15, -0.1) is 24.8 Å². The fourth-order valence-electron chi connectivity index (χ4n) is 2.30. The molecule has 0 spiro atoms. The first kappa shape index (κ1) is 20.0. The third-order valence-electron chi connectivity index (χ3n) is 3.90. The Hall–Kier alpha value is -0.0457. The van der Waals surface area contributed by atoms with E-state index in [1.165, 1.54) is 22.3 Å². The quantitative estimate of drug-likeness (QED) is 0.670. The maximum absolute atomic E-state index is 5.98. The van der Waals surface area contributed by atoms with Gasteiger partial charge in [0.25, 0.3) is 0 Å². The Morgan fingerprint density at radius 3 is 2.10 bits per heavy atom. The normalized spacial score (nSPS) is 17.7. The number of hydrogen-bond donors (Lipinski definition) is 0. The zero-order valence-electron chi connectivity index (χ0n) is 12.4. The second-order valence-electron chi connectivity index (χ2n) is 4.94. The first-order chi connectivity index (χ1) is 8.61. The third kappa shape index (κ3) is 4.48. The minimum Gasteiger partial charge on any atom is -0.147 e. The van der Waals surface area contributed by atoms with Crippen LogP contribution in [0.3, 0.4) is 0 Å². The molecule has 0 fully saturated rings. The van der Waals surface area contributed by atoms with E-state index in [2.05, 4.69) is 52.0 Å². The van der Waals surface area contributed by atoms with E-state index in [4.69, 9.17) is 3.32 Å². The molecule has 1 nitrogen and oxygen atoms in total. The van der Waals surface area contributed by atoms with Crippen molar-refractivity contribution in [2.24, 2.45) is 5.92 Å². The van der Waals surface area contributed by atoms with Gasteiger partial charge in [-0.05, 0) is 0 Å². The van der Waals surface area contributed by atoms with Gasteiger partial charge in [0, 0.05) is 0 Å². The van der Waals surface area contributed by atoms with Gasteiger partial charge < -0.3 is 0 Å². The van der Waals surface area contributed by atoms with Gasteiger partial charge >= 0.3 is 120 Å². The zero-order chi connectivity index (χ0) is 13.1. The average molecular weight is 349 g/mol. The molecule has 0 heterocycles. The number of halogens is 2. The zero-order valence-corrected chi connectivity index (χ0v) is 15.6. The first-order valence-corrected chi connectivity index (χ1v) is 7.83.